The lowest BCUT2D eigenvalue weighted by atomic mass is 9.82. The van der Waals surface area contributed by atoms with Gasteiger partial charge in [-0.05, 0) is 42.2 Å². The molecule has 2 atom stereocenters. The average Bonchev–Trinajstić information content (AvgIpc) is 2.83. The van der Waals surface area contributed by atoms with E-state index >= 15 is 0 Å². The summed E-state index contributed by atoms with van der Waals surface area (Å²) in [6, 6.07) is 2.94. The standard InChI is InChI=1S/C18H21ClO4S2/c1-10(2)24-14-5-3-4-13(20)16(14)18(21)12-6-7-15-11(17(12)19)8-9-25(15,22)23/h6-7,10,14,16H,3-5,8-9H2,1-2H3. The van der Waals surface area contributed by atoms with Crippen molar-refractivity contribution in [1.82, 2.24) is 0 Å². The van der Waals surface area contributed by atoms with Gasteiger partial charge in [0.25, 0.3) is 0 Å². The molecule has 4 nitrogen and oxygen atoms in total. The second kappa shape index (κ2) is 7.05. The van der Waals surface area contributed by atoms with Crippen LogP contribution in [0.4, 0.5) is 0 Å². The molecule has 1 saturated carbocycles. The van der Waals surface area contributed by atoms with Gasteiger partial charge in [0, 0.05) is 17.2 Å². The smallest absolute Gasteiger partial charge is 0.179 e. The molecular weight excluding hydrogens is 380 g/mol. The van der Waals surface area contributed by atoms with Crippen LogP contribution in [0, 0.1) is 5.92 Å². The first kappa shape index (κ1) is 18.9. The minimum atomic E-state index is -3.30. The molecule has 2 unspecified atom stereocenters. The van der Waals surface area contributed by atoms with E-state index < -0.39 is 15.8 Å². The number of sulfone groups is 1. The van der Waals surface area contributed by atoms with E-state index in [4.69, 9.17) is 11.6 Å². The van der Waals surface area contributed by atoms with Crippen LogP contribution in [0.5, 0.6) is 0 Å². The normalized spacial score (nSPS) is 25.2. The lowest BCUT2D eigenvalue weighted by Gasteiger charge is -2.30. The lowest BCUT2D eigenvalue weighted by molar-refractivity contribution is -0.122. The Bertz CT molecular complexity index is 830. The third-order valence-electron chi connectivity index (χ3n) is 4.78. The maximum absolute atomic E-state index is 13.1. The lowest BCUT2D eigenvalue weighted by Crippen LogP contribution is -2.37. The minimum absolute atomic E-state index is 0.0217. The molecule has 0 bridgehead atoms. The Kier molecular flexibility index (Phi) is 5.33. The van der Waals surface area contributed by atoms with Crippen molar-refractivity contribution in [2.24, 2.45) is 5.92 Å². The fourth-order valence-electron chi connectivity index (χ4n) is 3.65. The molecule has 0 aromatic heterocycles. The van der Waals surface area contributed by atoms with Crippen LogP contribution in [-0.4, -0.2) is 36.2 Å². The summed E-state index contributed by atoms with van der Waals surface area (Å²) in [6.07, 6.45) is 2.38. The molecule has 1 aliphatic heterocycles. The molecule has 136 valence electrons. The van der Waals surface area contributed by atoms with Crippen molar-refractivity contribution in [2.45, 2.75) is 54.9 Å². The van der Waals surface area contributed by atoms with Gasteiger partial charge in [-0.2, -0.15) is 11.8 Å². The molecule has 7 heteroatoms. The van der Waals surface area contributed by atoms with Crippen LogP contribution in [0.1, 0.15) is 49.0 Å². The van der Waals surface area contributed by atoms with Crippen LogP contribution in [0.25, 0.3) is 0 Å². The monoisotopic (exact) mass is 400 g/mol. The van der Waals surface area contributed by atoms with Gasteiger partial charge in [-0.25, -0.2) is 8.42 Å². The summed E-state index contributed by atoms with van der Waals surface area (Å²) in [4.78, 5) is 25.8. The van der Waals surface area contributed by atoms with Gasteiger partial charge in [-0.1, -0.05) is 25.4 Å². The first-order chi connectivity index (χ1) is 11.7. The molecule has 2 aliphatic rings. The van der Waals surface area contributed by atoms with Crippen molar-refractivity contribution >= 4 is 44.8 Å². The van der Waals surface area contributed by atoms with Crippen LogP contribution in [0.15, 0.2) is 17.0 Å². The number of carbonyl (C=O) groups is 2. The van der Waals surface area contributed by atoms with E-state index in [-0.39, 0.29) is 38.1 Å². The summed E-state index contributed by atoms with van der Waals surface area (Å²) in [5.41, 5.74) is 0.802. The molecule has 1 heterocycles. The quantitative estimate of drug-likeness (QED) is 0.569. The first-order valence-corrected chi connectivity index (χ1v) is 11.5. The second-order valence-corrected chi connectivity index (χ2v) is 11.2. The van der Waals surface area contributed by atoms with Gasteiger partial charge in [-0.3, -0.25) is 9.59 Å². The van der Waals surface area contributed by atoms with Gasteiger partial charge in [-0.15, -0.1) is 0 Å². The molecule has 3 rings (SSSR count). The summed E-state index contributed by atoms with van der Waals surface area (Å²) in [5.74, 6) is -0.957. The number of Topliss-reactive ketones (excluding diaryl/α,β-unsaturated/α-hetero) is 2. The van der Waals surface area contributed by atoms with E-state index in [0.29, 0.717) is 23.7 Å². The van der Waals surface area contributed by atoms with Crippen molar-refractivity contribution in [3.8, 4) is 0 Å². The van der Waals surface area contributed by atoms with Crippen LogP contribution in [0.2, 0.25) is 5.02 Å². The maximum Gasteiger partial charge on any atom is 0.179 e. The Labute approximate surface area is 157 Å². The van der Waals surface area contributed by atoms with Gasteiger partial charge in [0.1, 0.15) is 5.78 Å². The van der Waals surface area contributed by atoms with Crippen molar-refractivity contribution in [3.05, 3.63) is 28.3 Å². The van der Waals surface area contributed by atoms with E-state index in [1.807, 2.05) is 0 Å². The number of thioether (sulfide) groups is 1. The first-order valence-electron chi connectivity index (χ1n) is 8.49. The number of rotatable bonds is 4. The maximum atomic E-state index is 13.1. The predicted molar refractivity (Wildman–Crippen MR) is 100 cm³/mol. The molecule has 25 heavy (non-hydrogen) atoms. The van der Waals surface area contributed by atoms with E-state index in [1.54, 1.807) is 11.8 Å². The summed E-state index contributed by atoms with van der Waals surface area (Å²) in [7, 11) is -3.30. The number of ketones is 2. The van der Waals surface area contributed by atoms with Crippen molar-refractivity contribution in [2.75, 3.05) is 5.75 Å². The largest absolute Gasteiger partial charge is 0.299 e. The molecule has 0 N–H and O–H groups in total. The van der Waals surface area contributed by atoms with Gasteiger partial charge in [0.05, 0.1) is 21.6 Å². The zero-order valence-electron chi connectivity index (χ0n) is 14.2. The topological polar surface area (TPSA) is 68.3 Å². The summed E-state index contributed by atoms with van der Waals surface area (Å²) in [6.45, 7) is 4.11. The highest BCUT2D eigenvalue weighted by molar-refractivity contribution is 8.00. The Hall–Kier alpha value is -0.850. The highest BCUT2D eigenvalue weighted by Crippen LogP contribution is 2.39. The highest BCUT2D eigenvalue weighted by atomic mass is 35.5. The Balaban J connectivity index is 1.98. The van der Waals surface area contributed by atoms with Crippen molar-refractivity contribution < 1.29 is 18.0 Å². The van der Waals surface area contributed by atoms with E-state index in [2.05, 4.69) is 13.8 Å². The number of hydrogen-bond donors (Lipinski definition) is 0. The zero-order chi connectivity index (χ0) is 18.4. The third-order valence-corrected chi connectivity index (χ3v) is 8.41. The molecule has 0 radical (unpaired) electrons. The summed E-state index contributed by atoms with van der Waals surface area (Å²) >= 11 is 8.05. The summed E-state index contributed by atoms with van der Waals surface area (Å²) in [5, 5.41) is 0.490. The number of fused-ring (bicyclic) bond motifs is 1. The fourth-order valence-corrected chi connectivity index (χ4v) is 7.04. The molecule has 1 aromatic carbocycles. The Morgan fingerprint density at radius 2 is 2.00 bits per heavy atom. The molecule has 1 aliphatic carbocycles. The zero-order valence-corrected chi connectivity index (χ0v) is 16.6. The number of halogens is 1. The Morgan fingerprint density at radius 3 is 2.68 bits per heavy atom. The van der Waals surface area contributed by atoms with Gasteiger partial charge < -0.3 is 0 Å². The minimum Gasteiger partial charge on any atom is -0.299 e. The van der Waals surface area contributed by atoms with Crippen molar-refractivity contribution in [3.63, 3.8) is 0 Å². The average molecular weight is 401 g/mol. The van der Waals surface area contributed by atoms with Crippen LogP contribution >= 0.6 is 23.4 Å². The van der Waals surface area contributed by atoms with E-state index in [1.165, 1.54) is 12.1 Å². The fraction of sp³-hybridized carbons (Fsp3) is 0.556. The molecule has 1 fully saturated rings. The van der Waals surface area contributed by atoms with Gasteiger partial charge >= 0.3 is 0 Å². The molecule has 0 saturated heterocycles. The Morgan fingerprint density at radius 1 is 1.28 bits per heavy atom. The second-order valence-electron chi connectivity index (χ2n) is 6.90. The van der Waals surface area contributed by atoms with Gasteiger partial charge in [0.2, 0.25) is 0 Å². The molecular formula is C18H21ClO4S2. The molecule has 0 amide bonds. The SMILES string of the molecule is CC(C)SC1CCCC(=O)C1C(=O)c1ccc2c(c1Cl)CCS2(=O)=O. The van der Waals surface area contributed by atoms with Crippen LogP contribution in [0.3, 0.4) is 0 Å². The number of benzene rings is 1. The van der Waals surface area contributed by atoms with Gasteiger partial charge in [0.15, 0.2) is 15.6 Å². The van der Waals surface area contributed by atoms with E-state index in [9.17, 15) is 18.0 Å². The van der Waals surface area contributed by atoms with E-state index in [0.717, 1.165) is 12.8 Å². The highest BCUT2D eigenvalue weighted by Gasteiger charge is 2.40. The third kappa shape index (κ3) is 3.53. The molecule has 0 spiro atoms. The molecule has 1 aromatic rings. The number of hydrogen-bond acceptors (Lipinski definition) is 5. The summed E-state index contributed by atoms with van der Waals surface area (Å²) < 4.78 is 24.0. The predicted octanol–water partition coefficient (Wildman–Crippen LogP) is 3.73. The number of carbonyl (C=O) groups excluding carboxylic acids is 2. The van der Waals surface area contributed by atoms with Crippen molar-refractivity contribution in [1.29, 1.82) is 0 Å². The van der Waals surface area contributed by atoms with Crippen LogP contribution < -0.4 is 0 Å². The van der Waals surface area contributed by atoms with Crippen LogP contribution in [-0.2, 0) is 21.1 Å².